The lowest BCUT2D eigenvalue weighted by atomic mass is 10.1. The van der Waals surface area contributed by atoms with Gasteiger partial charge in [0.15, 0.2) is 0 Å². The molecule has 0 aliphatic heterocycles. The molecule has 18 heavy (non-hydrogen) atoms. The van der Waals surface area contributed by atoms with Crippen LogP contribution in [-0.4, -0.2) is 36.0 Å². The van der Waals surface area contributed by atoms with Crippen LogP contribution in [0.2, 0.25) is 0 Å². The van der Waals surface area contributed by atoms with E-state index in [1.165, 1.54) is 6.20 Å². The first-order valence-corrected chi connectivity index (χ1v) is 5.57. The molecule has 1 N–H and O–H groups in total. The summed E-state index contributed by atoms with van der Waals surface area (Å²) in [4.78, 5) is 22.5. The maximum absolute atomic E-state index is 12.0. The van der Waals surface area contributed by atoms with Crippen LogP contribution >= 0.6 is 0 Å². The summed E-state index contributed by atoms with van der Waals surface area (Å²) < 4.78 is 36.0. The molecule has 0 aromatic heterocycles. The Labute approximate surface area is 104 Å². The normalized spacial score (nSPS) is 12.7. The quantitative estimate of drug-likeness (QED) is 0.681. The predicted molar refractivity (Wildman–Crippen MR) is 60.5 cm³/mol. The predicted octanol–water partition coefficient (Wildman–Crippen LogP) is 1.83. The first-order valence-electron chi connectivity index (χ1n) is 5.57. The van der Waals surface area contributed by atoms with Crippen LogP contribution in [0.1, 0.15) is 26.2 Å². The first-order chi connectivity index (χ1) is 8.36. The SMILES string of the molecule is C=CN(C=O)C(CCCC)CNC(=O)C(F)(F)F. The highest BCUT2D eigenvalue weighted by Gasteiger charge is 2.38. The summed E-state index contributed by atoms with van der Waals surface area (Å²) in [6.45, 7) is 5.07. The highest BCUT2D eigenvalue weighted by Crippen LogP contribution is 2.14. The van der Waals surface area contributed by atoms with Crippen LogP contribution in [-0.2, 0) is 9.59 Å². The topological polar surface area (TPSA) is 49.4 Å². The Morgan fingerprint density at radius 2 is 2.11 bits per heavy atom. The number of halogens is 3. The van der Waals surface area contributed by atoms with Crippen molar-refractivity contribution in [2.24, 2.45) is 0 Å². The van der Waals surface area contributed by atoms with Crippen LogP contribution in [0, 0.1) is 0 Å². The van der Waals surface area contributed by atoms with Gasteiger partial charge in [0, 0.05) is 6.54 Å². The lowest BCUT2D eigenvalue weighted by Crippen LogP contribution is -2.45. The van der Waals surface area contributed by atoms with Crippen molar-refractivity contribution < 1.29 is 22.8 Å². The summed E-state index contributed by atoms with van der Waals surface area (Å²) in [5.74, 6) is -2.00. The van der Waals surface area contributed by atoms with Gasteiger partial charge in [-0.15, -0.1) is 0 Å². The Morgan fingerprint density at radius 3 is 2.50 bits per heavy atom. The average Bonchev–Trinajstić information content (AvgIpc) is 2.31. The average molecular weight is 266 g/mol. The minimum atomic E-state index is -4.91. The van der Waals surface area contributed by atoms with E-state index in [-0.39, 0.29) is 6.54 Å². The van der Waals surface area contributed by atoms with E-state index in [0.29, 0.717) is 12.8 Å². The maximum atomic E-state index is 12.0. The summed E-state index contributed by atoms with van der Waals surface area (Å²) in [5, 5.41) is 1.77. The maximum Gasteiger partial charge on any atom is 0.471 e. The van der Waals surface area contributed by atoms with Crippen LogP contribution in [0.3, 0.4) is 0 Å². The third-order valence-corrected chi connectivity index (χ3v) is 2.40. The van der Waals surface area contributed by atoms with Crippen molar-refractivity contribution >= 4 is 12.3 Å². The van der Waals surface area contributed by atoms with E-state index in [9.17, 15) is 22.8 Å². The second kappa shape index (κ2) is 7.73. The van der Waals surface area contributed by atoms with E-state index < -0.39 is 18.1 Å². The van der Waals surface area contributed by atoms with Gasteiger partial charge in [-0.05, 0) is 12.6 Å². The number of hydrogen-bond donors (Lipinski definition) is 1. The summed E-state index contributed by atoms with van der Waals surface area (Å²) in [6.07, 6.45) is -1.12. The molecule has 0 heterocycles. The molecule has 0 saturated carbocycles. The van der Waals surface area contributed by atoms with E-state index in [2.05, 4.69) is 6.58 Å². The lowest BCUT2D eigenvalue weighted by molar-refractivity contribution is -0.173. The first kappa shape index (κ1) is 16.5. The van der Waals surface area contributed by atoms with Crippen molar-refractivity contribution in [1.29, 1.82) is 0 Å². The molecule has 0 spiro atoms. The molecule has 0 bridgehead atoms. The van der Waals surface area contributed by atoms with Gasteiger partial charge in [0.05, 0.1) is 6.04 Å². The van der Waals surface area contributed by atoms with Gasteiger partial charge in [-0.3, -0.25) is 9.59 Å². The number of carbonyl (C=O) groups excluding carboxylic acids is 2. The van der Waals surface area contributed by atoms with Gasteiger partial charge >= 0.3 is 12.1 Å². The van der Waals surface area contributed by atoms with Gasteiger partial charge in [-0.2, -0.15) is 13.2 Å². The zero-order valence-corrected chi connectivity index (χ0v) is 10.2. The summed E-state index contributed by atoms with van der Waals surface area (Å²) in [6, 6.07) is -0.508. The molecular weight excluding hydrogens is 249 g/mol. The Bertz CT molecular complexity index is 285. The van der Waals surface area contributed by atoms with Gasteiger partial charge in [0.1, 0.15) is 0 Å². The Hall–Kier alpha value is -1.53. The second-order valence-corrected chi connectivity index (χ2v) is 3.74. The molecule has 4 nitrogen and oxygen atoms in total. The molecule has 7 heteroatoms. The van der Waals surface area contributed by atoms with Crippen molar-refractivity contribution in [2.75, 3.05) is 6.54 Å². The van der Waals surface area contributed by atoms with Gasteiger partial charge < -0.3 is 10.2 Å². The van der Waals surface area contributed by atoms with Gasteiger partial charge in [-0.1, -0.05) is 26.3 Å². The molecule has 0 aromatic rings. The molecule has 0 rings (SSSR count). The van der Waals surface area contributed by atoms with Gasteiger partial charge in [-0.25, -0.2) is 0 Å². The summed E-state index contributed by atoms with van der Waals surface area (Å²) >= 11 is 0. The highest BCUT2D eigenvalue weighted by molar-refractivity contribution is 5.81. The fraction of sp³-hybridized carbons (Fsp3) is 0.636. The van der Waals surface area contributed by atoms with E-state index in [1.807, 2.05) is 6.92 Å². The molecule has 0 aliphatic rings. The van der Waals surface area contributed by atoms with Crippen molar-refractivity contribution in [3.8, 4) is 0 Å². The van der Waals surface area contributed by atoms with E-state index in [0.717, 1.165) is 17.7 Å². The van der Waals surface area contributed by atoms with E-state index >= 15 is 0 Å². The molecule has 1 unspecified atom stereocenters. The number of carbonyl (C=O) groups is 2. The lowest BCUT2D eigenvalue weighted by Gasteiger charge is -2.25. The minimum absolute atomic E-state index is 0.247. The standard InChI is InChI=1S/C11H17F3N2O2/c1-3-5-6-9(16(4-2)8-17)7-15-10(18)11(12,13)14/h4,8-9H,2-3,5-7H2,1H3,(H,15,18). The number of amides is 2. The number of nitrogens with zero attached hydrogens (tertiary/aromatic N) is 1. The smallest absolute Gasteiger partial charge is 0.346 e. The number of rotatable bonds is 8. The molecule has 0 fully saturated rings. The number of nitrogens with one attached hydrogen (secondary N) is 1. The monoisotopic (exact) mass is 266 g/mol. The molecule has 0 aromatic carbocycles. The minimum Gasteiger partial charge on any atom is -0.346 e. The molecule has 104 valence electrons. The molecule has 0 aliphatic carbocycles. The fourth-order valence-electron chi connectivity index (χ4n) is 1.39. The van der Waals surface area contributed by atoms with E-state index in [1.54, 1.807) is 5.32 Å². The molecule has 0 saturated heterocycles. The summed E-state index contributed by atoms with van der Waals surface area (Å²) in [5.41, 5.74) is 0. The van der Waals surface area contributed by atoms with Crippen molar-refractivity contribution in [2.45, 2.75) is 38.4 Å². The fourth-order valence-corrected chi connectivity index (χ4v) is 1.39. The zero-order chi connectivity index (χ0) is 14.2. The largest absolute Gasteiger partial charge is 0.471 e. The van der Waals surface area contributed by atoms with Crippen LogP contribution in [0.4, 0.5) is 13.2 Å². The second-order valence-electron chi connectivity index (χ2n) is 3.74. The van der Waals surface area contributed by atoms with Crippen LogP contribution in [0.25, 0.3) is 0 Å². The summed E-state index contributed by atoms with van der Waals surface area (Å²) in [7, 11) is 0. The number of unbranched alkanes of at least 4 members (excludes halogenated alkanes) is 1. The van der Waals surface area contributed by atoms with Crippen LogP contribution in [0.5, 0.6) is 0 Å². The van der Waals surface area contributed by atoms with Crippen LogP contribution in [0.15, 0.2) is 12.8 Å². The Kier molecular flexibility index (Phi) is 7.07. The Morgan fingerprint density at radius 1 is 1.50 bits per heavy atom. The van der Waals surface area contributed by atoms with Gasteiger partial charge in [0.2, 0.25) is 6.41 Å². The zero-order valence-electron chi connectivity index (χ0n) is 10.2. The number of alkyl halides is 3. The van der Waals surface area contributed by atoms with Crippen molar-refractivity contribution in [1.82, 2.24) is 10.2 Å². The molecule has 0 radical (unpaired) electrons. The molecule has 2 amide bonds. The van der Waals surface area contributed by atoms with Gasteiger partial charge in [0.25, 0.3) is 0 Å². The molecule has 1 atom stereocenters. The Balaban J connectivity index is 4.45. The van der Waals surface area contributed by atoms with E-state index in [4.69, 9.17) is 0 Å². The van der Waals surface area contributed by atoms with Crippen molar-refractivity contribution in [3.63, 3.8) is 0 Å². The highest BCUT2D eigenvalue weighted by atomic mass is 19.4. The molecular formula is C11H17F3N2O2. The van der Waals surface area contributed by atoms with Crippen molar-refractivity contribution in [3.05, 3.63) is 12.8 Å². The number of hydrogen-bond acceptors (Lipinski definition) is 2. The van der Waals surface area contributed by atoms with Crippen LogP contribution < -0.4 is 5.32 Å². The third-order valence-electron chi connectivity index (χ3n) is 2.40. The third kappa shape index (κ3) is 5.70.